The van der Waals surface area contributed by atoms with Gasteiger partial charge in [-0.1, -0.05) is 73.7 Å². The fourth-order valence-electron chi connectivity index (χ4n) is 2.57. The maximum absolute atomic E-state index is 5.18. The van der Waals surface area contributed by atoms with E-state index in [1.807, 2.05) is 12.1 Å². The average Bonchev–Trinajstić information content (AvgIpc) is 2.59. The Morgan fingerprint density at radius 2 is 1.59 bits per heavy atom. The van der Waals surface area contributed by atoms with E-state index >= 15 is 0 Å². The Balaban J connectivity index is 1.79. The van der Waals surface area contributed by atoms with Crippen LogP contribution in [0.1, 0.15) is 24.0 Å². The first-order valence-electron chi connectivity index (χ1n) is 7.57. The summed E-state index contributed by atoms with van der Waals surface area (Å²) in [4.78, 5) is 0. The maximum atomic E-state index is 5.18. The van der Waals surface area contributed by atoms with Gasteiger partial charge in [0.25, 0.3) is 0 Å². The van der Waals surface area contributed by atoms with Crippen LogP contribution in [0.25, 0.3) is 16.8 Å². The van der Waals surface area contributed by atoms with Crippen molar-refractivity contribution in [2.75, 3.05) is 7.11 Å². The summed E-state index contributed by atoms with van der Waals surface area (Å²) in [5.41, 5.74) is 2.52. The zero-order chi connectivity index (χ0) is 15.4. The lowest BCUT2D eigenvalue weighted by Gasteiger charge is -2.08. The summed E-state index contributed by atoms with van der Waals surface area (Å²) in [5, 5.41) is 2.59. The first-order valence-corrected chi connectivity index (χ1v) is 7.57. The minimum Gasteiger partial charge on any atom is -0.497 e. The van der Waals surface area contributed by atoms with Gasteiger partial charge in [0.05, 0.1) is 7.11 Å². The molecule has 0 aliphatic heterocycles. The van der Waals surface area contributed by atoms with E-state index in [0.29, 0.717) is 5.92 Å². The van der Waals surface area contributed by atoms with Crippen LogP contribution in [0, 0.1) is 0 Å². The summed E-state index contributed by atoms with van der Waals surface area (Å²) in [7, 11) is 1.69. The summed E-state index contributed by atoms with van der Waals surface area (Å²) < 4.78 is 5.18. The van der Waals surface area contributed by atoms with Gasteiger partial charge in [-0.3, -0.25) is 0 Å². The lowest BCUT2D eigenvalue weighted by atomic mass is 9.97. The quantitative estimate of drug-likeness (QED) is 0.601. The number of fused-ring (bicyclic) bond motifs is 1. The van der Waals surface area contributed by atoms with Crippen LogP contribution in [0.4, 0.5) is 0 Å². The number of methoxy groups -OCH3 is 1. The van der Waals surface area contributed by atoms with Crippen molar-refractivity contribution in [1.29, 1.82) is 0 Å². The molecule has 3 aromatic carbocycles. The van der Waals surface area contributed by atoms with Crippen molar-refractivity contribution in [2.24, 2.45) is 0 Å². The molecule has 1 nitrogen and oxygen atoms in total. The van der Waals surface area contributed by atoms with E-state index in [0.717, 1.165) is 5.75 Å². The molecule has 0 fully saturated rings. The van der Waals surface area contributed by atoms with Crippen LogP contribution in [0.5, 0.6) is 5.75 Å². The average molecular weight is 288 g/mol. The van der Waals surface area contributed by atoms with Gasteiger partial charge in [0, 0.05) is 0 Å². The monoisotopic (exact) mass is 288 g/mol. The third-order valence-electron chi connectivity index (χ3n) is 3.99. The van der Waals surface area contributed by atoms with Gasteiger partial charge < -0.3 is 4.74 Å². The molecule has 0 saturated heterocycles. The lowest BCUT2D eigenvalue weighted by Crippen LogP contribution is -1.89. The molecule has 0 heterocycles. The van der Waals surface area contributed by atoms with Gasteiger partial charge in [-0.25, -0.2) is 0 Å². The molecule has 0 aromatic heterocycles. The molecular formula is C21H20O. The van der Waals surface area contributed by atoms with E-state index in [4.69, 9.17) is 4.74 Å². The van der Waals surface area contributed by atoms with Crippen LogP contribution in [0.15, 0.2) is 72.8 Å². The zero-order valence-electron chi connectivity index (χ0n) is 13.0. The van der Waals surface area contributed by atoms with Crippen molar-refractivity contribution < 1.29 is 4.74 Å². The molecule has 1 heteroatoms. The van der Waals surface area contributed by atoms with Crippen LogP contribution in [0.3, 0.4) is 0 Å². The van der Waals surface area contributed by atoms with Crippen LogP contribution >= 0.6 is 0 Å². The SMILES string of the molecule is COc1ccc(/C=C/[C@H](C)c2ccc3ccccc3c2)cc1. The predicted molar refractivity (Wildman–Crippen MR) is 94.4 cm³/mol. The Bertz CT molecular complexity index is 784. The van der Waals surface area contributed by atoms with E-state index in [2.05, 4.69) is 73.7 Å². The highest BCUT2D eigenvalue weighted by Crippen LogP contribution is 2.23. The molecule has 0 bridgehead atoms. The summed E-state index contributed by atoms with van der Waals surface area (Å²) in [6.07, 6.45) is 4.41. The van der Waals surface area contributed by atoms with Gasteiger partial charge >= 0.3 is 0 Å². The molecule has 0 spiro atoms. The smallest absolute Gasteiger partial charge is 0.118 e. The number of benzene rings is 3. The lowest BCUT2D eigenvalue weighted by molar-refractivity contribution is 0.415. The zero-order valence-corrected chi connectivity index (χ0v) is 13.0. The summed E-state index contributed by atoms with van der Waals surface area (Å²) in [6.45, 7) is 2.23. The second-order valence-corrected chi connectivity index (χ2v) is 5.53. The van der Waals surface area contributed by atoms with Crippen molar-refractivity contribution in [3.63, 3.8) is 0 Å². The van der Waals surface area contributed by atoms with Gasteiger partial charge in [0.15, 0.2) is 0 Å². The highest BCUT2D eigenvalue weighted by Gasteiger charge is 2.02. The molecule has 0 amide bonds. The number of ether oxygens (including phenoxy) is 1. The predicted octanol–water partition coefficient (Wildman–Crippen LogP) is 5.67. The number of hydrogen-bond acceptors (Lipinski definition) is 1. The fourth-order valence-corrected chi connectivity index (χ4v) is 2.57. The van der Waals surface area contributed by atoms with Gasteiger partial charge in [-0.2, -0.15) is 0 Å². The van der Waals surface area contributed by atoms with Crippen LogP contribution in [0.2, 0.25) is 0 Å². The van der Waals surface area contributed by atoms with E-state index in [-0.39, 0.29) is 0 Å². The highest BCUT2D eigenvalue weighted by atomic mass is 16.5. The molecule has 0 N–H and O–H groups in total. The second-order valence-electron chi connectivity index (χ2n) is 5.53. The van der Waals surface area contributed by atoms with E-state index in [1.165, 1.54) is 21.9 Å². The first kappa shape index (κ1) is 14.4. The molecular weight excluding hydrogens is 268 g/mol. The van der Waals surface area contributed by atoms with Crippen LogP contribution in [-0.4, -0.2) is 7.11 Å². The molecule has 0 aliphatic carbocycles. The highest BCUT2D eigenvalue weighted by molar-refractivity contribution is 5.83. The number of allylic oxidation sites excluding steroid dienone is 1. The minimum absolute atomic E-state index is 0.381. The molecule has 110 valence electrons. The Labute approximate surface area is 131 Å². The van der Waals surface area contributed by atoms with Crippen molar-refractivity contribution in [3.8, 4) is 5.75 Å². The molecule has 0 saturated carbocycles. The van der Waals surface area contributed by atoms with Crippen molar-refractivity contribution in [2.45, 2.75) is 12.8 Å². The number of hydrogen-bond donors (Lipinski definition) is 0. The van der Waals surface area contributed by atoms with E-state index < -0.39 is 0 Å². The fraction of sp³-hybridized carbons (Fsp3) is 0.143. The molecule has 3 aromatic rings. The van der Waals surface area contributed by atoms with Crippen molar-refractivity contribution in [3.05, 3.63) is 83.9 Å². The van der Waals surface area contributed by atoms with Crippen LogP contribution in [-0.2, 0) is 0 Å². The topological polar surface area (TPSA) is 9.23 Å². The van der Waals surface area contributed by atoms with Gasteiger partial charge in [-0.05, 0) is 39.9 Å². The Morgan fingerprint density at radius 3 is 2.32 bits per heavy atom. The van der Waals surface area contributed by atoms with Crippen LogP contribution < -0.4 is 4.74 Å². The molecule has 22 heavy (non-hydrogen) atoms. The Hall–Kier alpha value is -2.54. The Kier molecular flexibility index (Phi) is 4.24. The summed E-state index contributed by atoms with van der Waals surface area (Å²) in [5.74, 6) is 1.27. The standard InChI is InChI=1S/C21H20O/c1-16(7-8-17-9-13-21(22-2)14-10-17)19-12-11-18-5-3-4-6-20(18)15-19/h3-16H,1-2H3/b8-7+/t16-/m0/s1. The van der Waals surface area contributed by atoms with E-state index in [1.54, 1.807) is 7.11 Å². The van der Waals surface area contributed by atoms with E-state index in [9.17, 15) is 0 Å². The summed E-state index contributed by atoms with van der Waals surface area (Å²) >= 11 is 0. The van der Waals surface area contributed by atoms with Gasteiger partial charge in [0.2, 0.25) is 0 Å². The van der Waals surface area contributed by atoms with Crippen molar-refractivity contribution >= 4 is 16.8 Å². The molecule has 0 unspecified atom stereocenters. The number of rotatable bonds is 4. The third-order valence-corrected chi connectivity index (χ3v) is 3.99. The first-order chi connectivity index (χ1) is 10.8. The molecule has 0 aliphatic rings. The minimum atomic E-state index is 0.381. The Morgan fingerprint density at radius 1 is 0.864 bits per heavy atom. The van der Waals surface area contributed by atoms with Gasteiger partial charge in [-0.15, -0.1) is 0 Å². The second kappa shape index (κ2) is 6.48. The normalized spacial score (nSPS) is 12.6. The summed E-state index contributed by atoms with van der Waals surface area (Å²) in [6, 6.07) is 23.3. The van der Waals surface area contributed by atoms with Gasteiger partial charge in [0.1, 0.15) is 5.75 Å². The molecule has 0 radical (unpaired) electrons. The maximum Gasteiger partial charge on any atom is 0.118 e. The molecule has 1 atom stereocenters. The third kappa shape index (κ3) is 3.20. The molecule has 3 rings (SSSR count). The van der Waals surface area contributed by atoms with Crippen molar-refractivity contribution in [1.82, 2.24) is 0 Å². The largest absolute Gasteiger partial charge is 0.497 e.